The molecule has 1 aromatic rings. The van der Waals surface area contributed by atoms with E-state index in [2.05, 4.69) is 15.6 Å². The first-order chi connectivity index (χ1) is 7.33. The lowest BCUT2D eigenvalue weighted by atomic mass is 10.1. The predicted molar refractivity (Wildman–Crippen MR) is 63.8 cm³/mol. The number of pyridine rings is 1. The highest BCUT2D eigenvalue weighted by molar-refractivity contribution is 5.60. The number of rotatable bonds is 3. The van der Waals surface area contributed by atoms with Gasteiger partial charge in [-0.2, -0.15) is 0 Å². The Labute approximate surface area is 94.2 Å². The molecule has 0 aromatic carbocycles. The first-order valence-electron chi connectivity index (χ1n) is 4.95. The molecule has 6 heteroatoms. The molecule has 0 aliphatic carbocycles. The van der Waals surface area contributed by atoms with Gasteiger partial charge < -0.3 is 10.6 Å². The van der Waals surface area contributed by atoms with E-state index in [0.717, 1.165) is 0 Å². The summed E-state index contributed by atoms with van der Waals surface area (Å²) in [7, 11) is 1.72. The quantitative estimate of drug-likeness (QED) is 0.608. The Bertz CT molecular complexity index is 398. The number of hydrogen-bond donors (Lipinski definition) is 2. The van der Waals surface area contributed by atoms with E-state index in [0.29, 0.717) is 5.82 Å². The van der Waals surface area contributed by atoms with Crippen LogP contribution < -0.4 is 10.6 Å². The van der Waals surface area contributed by atoms with E-state index >= 15 is 0 Å². The number of nitro groups is 1. The van der Waals surface area contributed by atoms with Crippen molar-refractivity contribution in [2.75, 3.05) is 17.7 Å². The predicted octanol–water partition coefficient (Wildman–Crippen LogP) is 2.24. The van der Waals surface area contributed by atoms with Crippen LogP contribution in [0.4, 0.5) is 17.3 Å². The molecule has 1 rings (SSSR count). The van der Waals surface area contributed by atoms with Crippen molar-refractivity contribution in [1.29, 1.82) is 0 Å². The lowest BCUT2D eigenvalue weighted by Gasteiger charge is -2.21. The van der Waals surface area contributed by atoms with Gasteiger partial charge in [-0.05, 0) is 26.8 Å². The second kappa shape index (κ2) is 4.34. The third-order valence-corrected chi connectivity index (χ3v) is 1.82. The van der Waals surface area contributed by atoms with Gasteiger partial charge in [-0.15, -0.1) is 0 Å². The Morgan fingerprint density at radius 3 is 2.44 bits per heavy atom. The fraction of sp³-hybridized carbons (Fsp3) is 0.500. The molecule has 2 N–H and O–H groups in total. The van der Waals surface area contributed by atoms with Crippen molar-refractivity contribution in [3.05, 3.63) is 22.2 Å². The zero-order chi connectivity index (χ0) is 12.3. The van der Waals surface area contributed by atoms with Crippen molar-refractivity contribution in [3.8, 4) is 0 Å². The maximum absolute atomic E-state index is 10.8. The average Bonchev–Trinajstić information content (AvgIpc) is 2.14. The minimum atomic E-state index is -0.444. The maximum atomic E-state index is 10.8. The van der Waals surface area contributed by atoms with Gasteiger partial charge in [0.1, 0.15) is 5.82 Å². The van der Waals surface area contributed by atoms with Crippen LogP contribution in [0.25, 0.3) is 0 Å². The van der Waals surface area contributed by atoms with Crippen LogP contribution in [0, 0.1) is 10.1 Å². The lowest BCUT2D eigenvalue weighted by molar-refractivity contribution is -0.384. The normalized spacial score (nSPS) is 11.0. The highest BCUT2D eigenvalue weighted by Crippen LogP contribution is 2.26. The van der Waals surface area contributed by atoms with E-state index in [9.17, 15) is 10.1 Å². The largest absolute Gasteiger partial charge is 0.373 e. The van der Waals surface area contributed by atoms with Gasteiger partial charge in [0.25, 0.3) is 0 Å². The van der Waals surface area contributed by atoms with Crippen LogP contribution in [0.3, 0.4) is 0 Å². The Kier molecular flexibility index (Phi) is 3.31. The van der Waals surface area contributed by atoms with Crippen molar-refractivity contribution < 1.29 is 4.92 Å². The Balaban J connectivity index is 3.15. The smallest absolute Gasteiger partial charge is 0.311 e. The summed E-state index contributed by atoms with van der Waals surface area (Å²) in [5.74, 6) is 0.877. The van der Waals surface area contributed by atoms with Crippen molar-refractivity contribution >= 4 is 17.3 Å². The minimum Gasteiger partial charge on any atom is -0.373 e. The average molecular weight is 224 g/mol. The number of nitrogens with zero attached hydrogens (tertiary/aromatic N) is 2. The Morgan fingerprint density at radius 1 is 1.38 bits per heavy atom. The van der Waals surface area contributed by atoms with Crippen molar-refractivity contribution in [2.45, 2.75) is 26.3 Å². The summed E-state index contributed by atoms with van der Waals surface area (Å²) in [5.41, 5.74) is -0.293. The molecule has 0 radical (unpaired) electrons. The fourth-order valence-electron chi connectivity index (χ4n) is 1.19. The monoisotopic (exact) mass is 224 g/mol. The first-order valence-corrected chi connectivity index (χ1v) is 4.95. The van der Waals surface area contributed by atoms with Crippen LogP contribution in [-0.2, 0) is 0 Å². The molecular formula is C10H16N4O2. The molecule has 0 aliphatic heterocycles. The number of nitrogens with one attached hydrogen (secondary N) is 2. The van der Waals surface area contributed by atoms with E-state index in [4.69, 9.17) is 0 Å². The highest BCUT2D eigenvalue weighted by Gasteiger charge is 2.20. The van der Waals surface area contributed by atoms with Crippen molar-refractivity contribution in [2.24, 2.45) is 0 Å². The molecule has 88 valence electrons. The van der Waals surface area contributed by atoms with Crippen molar-refractivity contribution in [1.82, 2.24) is 4.98 Å². The van der Waals surface area contributed by atoms with E-state index in [1.54, 1.807) is 13.1 Å². The molecule has 0 saturated carbocycles. The SMILES string of the molecule is CNc1ccc([N+](=O)[O-])c(NC(C)(C)C)n1. The second-order valence-electron chi connectivity index (χ2n) is 4.45. The van der Waals surface area contributed by atoms with E-state index in [1.165, 1.54) is 6.07 Å². The molecule has 1 heterocycles. The molecule has 0 atom stereocenters. The molecular weight excluding hydrogens is 208 g/mol. The fourth-order valence-corrected chi connectivity index (χ4v) is 1.19. The summed E-state index contributed by atoms with van der Waals surface area (Å²) in [5, 5.41) is 16.7. The number of hydrogen-bond acceptors (Lipinski definition) is 5. The van der Waals surface area contributed by atoms with Crippen LogP contribution in [0.1, 0.15) is 20.8 Å². The molecule has 6 nitrogen and oxygen atoms in total. The molecule has 16 heavy (non-hydrogen) atoms. The molecule has 0 aliphatic rings. The van der Waals surface area contributed by atoms with Gasteiger partial charge in [-0.1, -0.05) is 0 Å². The van der Waals surface area contributed by atoms with Gasteiger partial charge in [-0.3, -0.25) is 10.1 Å². The topological polar surface area (TPSA) is 80.1 Å². The maximum Gasteiger partial charge on any atom is 0.311 e. The summed E-state index contributed by atoms with van der Waals surface area (Å²) in [4.78, 5) is 14.5. The number of anilines is 2. The standard InChI is InChI=1S/C10H16N4O2/c1-10(2,3)13-9-7(14(15)16)5-6-8(11-4)12-9/h5-6H,1-4H3,(H2,11,12,13). The van der Waals surface area contributed by atoms with E-state index in [1.807, 2.05) is 20.8 Å². The molecule has 0 fully saturated rings. The van der Waals surface area contributed by atoms with Gasteiger partial charge in [0.05, 0.1) is 4.92 Å². The number of aromatic nitrogens is 1. The Morgan fingerprint density at radius 2 is 2.00 bits per heavy atom. The molecule has 0 saturated heterocycles. The van der Waals surface area contributed by atoms with E-state index < -0.39 is 4.92 Å². The zero-order valence-corrected chi connectivity index (χ0v) is 9.87. The van der Waals surface area contributed by atoms with Crippen LogP contribution in [-0.4, -0.2) is 22.5 Å². The van der Waals surface area contributed by atoms with Crippen LogP contribution in [0.15, 0.2) is 12.1 Å². The molecule has 0 spiro atoms. The van der Waals surface area contributed by atoms with Crippen LogP contribution in [0.5, 0.6) is 0 Å². The van der Waals surface area contributed by atoms with E-state index in [-0.39, 0.29) is 17.0 Å². The summed E-state index contributed by atoms with van der Waals surface area (Å²) < 4.78 is 0. The van der Waals surface area contributed by atoms with Crippen molar-refractivity contribution in [3.63, 3.8) is 0 Å². The molecule has 0 unspecified atom stereocenters. The van der Waals surface area contributed by atoms with Gasteiger partial charge >= 0.3 is 5.69 Å². The highest BCUT2D eigenvalue weighted by atomic mass is 16.6. The van der Waals surface area contributed by atoms with Crippen LogP contribution >= 0.6 is 0 Å². The summed E-state index contributed by atoms with van der Waals surface area (Å²) in [6.07, 6.45) is 0. The minimum absolute atomic E-state index is 0.0195. The summed E-state index contributed by atoms with van der Waals surface area (Å²) >= 11 is 0. The molecule has 1 aromatic heterocycles. The lowest BCUT2D eigenvalue weighted by Crippen LogP contribution is -2.27. The zero-order valence-electron chi connectivity index (χ0n) is 9.87. The first kappa shape index (κ1) is 12.2. The third-order valence-electron chi connectivity index (χ3n) is 1.82. The molecule has 0 bridgehead atoms. The van der Waals surface area contributed by atoms with Crippen LogP contribution in [0.2, 0.25) is 0 Å². The second-order valence-corrected chi connectivity index (χ2v) is 4.45. The molecule has 0 amide bonds. The van der Waals surface area contributed by atoms with Gasteiger partial charge in [0.15, 0.2) is 0 Å². The summed E-state index contributed by atoms with van der Waals surface area (Å²) in [6.45, 7) is 5.76. The van der Waals surface area contributed by atoms with Gasteiger partial charge in [0.2, 0.25) is 5.82 Å². The van der Waals surface area contributed by atoms with Gasteiger partial charge in [0, 0.05) is 18.7 Å². The summed E-state index contributed by atoms with van der Waals surface area (Å²) in [6, 6.07) is 3.01. The Hall–Kier alpha value is -1.85. The van der Waals surface area contributed by atoms with Gasteiger partial charge in [-0.25, -0.2) is 4.98 Å². The third kappa shape index (κ3) is 3.08.